The van der Waals surface area contributed by atoms with Crippen LogP contribution in [0.3, 0.4) is 0 Å². The molecule has 0 atom stereocenters. The summed E-state index contributed by atoms with van der Waals surface area (Å²) in [4.78, 5) is 16.8. The Hall–Kier alpha value is -2.66. The van der Waals surface area contributed by atoms with Gasteiger partial charge in [0.05, 0.1) is 5.69 Å². The molecule has 6 heteroatoms. The van der Waals surface area contributed by atoms with E-state index in [9.17, 15) is 4.79 Å². The van der Waals surface area contributed by atoms with E-state index in [0.717, 1.165) is 23.2 Å². The van der Waals surface area contributed by atoms with E-state index in [4.69, 9.17) is 11.6 Å². The van der Waals surface area contributed by atoms with Gasteiger partial charge in [0.1, 0.15) is 0 Å². The molecule has 1 aromatic heterocycles. The van der Waals surface area contributed by atoms with Gasteiger partial charge in [-0.25, -0.2) is 9.67 Å². The number of carbonyl (C=O) groups is 1. The van der Waals surface area contributed by atoms with Crippen LogP contribution in [-0.2, 0) is 0 Å². The van der Waals surface area contributed by atoms with E-state index in [1.807, 2.05) is 50.2 Å². The minimum atomic E-state index is -0.280. The molecule has 0 aliphatic rings. The van der Waals surface area contributed by atoms with Crippen molar-refractivity contribution in [1.29, 1.82) is 0 Å². The molecule has 26 heavy (non-hydrogen) atoms. The quantitative estimate of drug-likeness (QED) is 0.728. The molecule has 0 fully saturated rings. The van der Waals surface area contributed by atoms with Crippen LogP contribution < -0.4 is 5.32 Å². The lowest BCUT2D eigenvalue weighted by atomic mass is 10.1. The van der Waals surface area contributed by atoms with Crippen molar-refractivity contribution in [2.45, 2.75) is 27.2 Å². The molecule has 0 saturated carbocycles. The summed E-state index contributed by atoms with van der Waals surface area (Å²) in [6.07, 6.45) is 0.852. The number of benzene rings is 2. The lowest BCUT2D eigenvalue weighted by molar-refractivity contribution is 0.0943. The summed E-state index contributed by atoms with van der Waals surface area (Å²) in [5.74, 6) is 0.446. The third-order valence-electron chi connectivity index (χ3n) is 4.16. The van der Waals surface area contributed by atoms with Gasteiger partial charge in [0.25, 0.3) is 5.91 Å². The van der Waals surface area contributed by atoms with Gasteiger partial charge in [0.2, 0.25) is 5.82 Å². The summed E-state index contributed by atoms with van der Waals surface area (Å²) in [5, 5.41) is 7.89. The number of amides is 1. The Morgan fingerprint density at radius 1 is 1.15 bits per heavy atom. The molecule has 3 aromatic rings. The van der Waals surface area contributed by atoms with E-state index < -0.39 is 0 Å². The molecule has 3 rings (SSSR count). The maximum Gasteiger partial charge on any atom is 0.290 e. The second-order valence-electron chi connectivity index (χ2n) is 6.21. The molecule has 1 amide bonds. The maximum absolute atomic E-state index is 12.3. The SMILES string of the molecule is CCCNC(=O)c1nc(-c2cccc(Cl)c2)n(-c2ccc(C)c(C)c2)n1. The normalized spacial score (nSPS) is 10.8. The van der Waals surface area contributed by atoms with Crippen molar-refractivity contribution in [3.63, 3.8) is 0 Å². The van der Waals surface area contributed by atoms with Gasteiger partial charge in [0.15, 0.2) is 5.82 Å². The van der Waals surface area contributed by atoms with E-state index in [1.54, 1.807) is 10.7 Å². The predicted molar refractivity (Wildman–Crippen MR) is 104 cm³/mol. The Balaban J connectivity index is 2.12. The predicted octanol–water partition coefficient (Wildman–Crippen LogP) is 4.34. The number of aryl methyl sites for hydroxylation is 2. The first-order valence-electron chi connectivity index (χ1n) is 8.58. The second-order valence-corrected chi connectivity index (χ2v) is 6.64. The maximum atomic E-state index is 12.3. The average Bonchev–Trinajstić information content (AvgIpc) is 3.07. The van der Waals surface area contributed by atoms with Crippen LogP contribution in [0.1, 0.15) is 35.1 Å². The average molecular weight is 369 g/mol. The monoisotopic (exact) mass is 368 g/mol. The number of nitrogens with zero attached hydrogens (tertiary/aromatic N) is 3. The van der Waals surface area contributed by atoms with Gasteiger partial charge in [-0.05, 0) is 55.7 Å². The molecule has 0 bridgehead atoms. The van der Waals surface area contributed by atoms with Crippen LogP contribution in [0.4, 0.5) is 0 Å². The first kappa shape index (κ1) is 18.1. The summed E-state index contributed by atoms with van der Waals surface area (Å²) >= 11 is 6.14. The second kappa shape index (κ2) is 7.70. The van der Waals surface area contributed by atoms with Gasteiger partial charge in [-0.3, -0.25) is 4.79 Å². The van der Waals surface area contributed by atoms with E-state index in [1.165, 1.54) is 5.56 Å². The molecule has 0 saturated heterocycles. The number of halogens is 1. The highest BCUT2D eigenvalue weighted by atomic mass is 35.5. The Kier molecular flexibility index (Phi) is 5.38. The molecule has 1 N–H and O–H groups in total. The number of hydrogen-bond acceptors (Lipinski definition) is 3. The lowest BCUT2D eigenvalue weighted by Gasteiger charge is -2.08. The van der Waals surface area contributed by atoms with Gasteiger partial charge < -0.3 is 5.32 Å². The van der Waals surface area contributed by atoms with Gasteiger partial charge in [-0.2, -0.15) is 0 Å². The fourth-order valence-electron chi connectivity index (χ4n) is 2.58. The van der Waals surface area contributed by atoms with Crippen molar-refractivity contribution >= 4 is 17.5 Å². The Morgan fingerprint density at radius 2 is 1.96 bits per heavy atom. The van der Waals surface area contributed by atoms with Crippen molar-refractivity contribution in [2.75, 3.05) is 6.54 Å². The minimum Gasteiger partial charge on any atom is -0.349 e. The van der Waals surface area contributed by atoms with Gasteiger partial charge in [-0.15, -0.1) is 5.10 Å². The van der Waals surface area contributed by atoms with E-state index in [-0.39, 0.29) is 11.7 Å². The highest BCUT2D eigenvalue weighted by Crippen LogP contribution is 2.25. The molecule has 134 valence electrons. The van der Waals surface area contributed by atoms with Crippen LogP contribution in [-0.4, -0.2) is 27.2 Å². The fourth-order valence-corrected chi connectivity index (χ4v) is 2.77. The van der Waals surface area contributed by atoms with Crippen molar-refractivity contribution in [3.05, 3.63) is 64.4 Å². The van der Waals surface area contributed by atoms with Crippen LogP contribution in [0, 0.1) is 13.8 Å². The minimum absolute atomic E-state index is 0.145. The zero-order valence-corrected chi connectivity index (χ0v) is 15.8. The molecule has 5 nitrogen and oxygen atoms in total. The van der Waals surface area contributed by atoms with Gasteiger partial charge in [0, 0.05) is 17.1 Å². The number of aromatic nitrogens is 3. The van der Waals surface area contributed by atoms with Crippen molar-refractivity contribution < 1.29 is 4.79 Å². The third-order valence-corrected chi connectivity index (χ3v) is 4.40. The van der Waals surface area contributed by atoms with Crippen LogP contribution in [0.2, 0.25) is 5.02 Å². The number of nitrogens with one attached hydrogen (secondary N) is 1. The van der Waals surface area contributed by atoms with Crippen LogP contribution >= 0.6 is 11.6 Å². The van der Waals surface area contributed by atoms with E-state index in [0.29, 0.717) is 17.4 Å². The molecule has 0 aliphatic carbocycles. The molecular weight excluding hydrogens is 348 g/mol. The summed E-state index contributed by atoms with van der Waals surface area (Å²) < 4.78 is 1.69. The Morgan fingerprint density at radius 3 is 2.65 bits per heavy atom. The summed E-state index contributed by atoms with van der Waals surface area (Å²) in [6, 6.07) is 13.4. The van der Waals surface area contributed by atoms with Crippen LogP contribution in [0.25, 0.3) is 17.1 Å². The number of hydrogen-bond donors (Lipinski definition) is 1. The molecule has 1 heterocycles. The summed E-state index contributed by atoms with van der Waals surface area (Å²) in [5.41, 5.74) is 3.99. The van der Waals surface area contributed by atoms with Crippen LogP contribution in [0.5, 0.6) is 0 Å². The van der Waals surface area contributed by atoms with Crippen molar-refractivity contribution in [3.8, 4) is 17.1 Å². The molecule has 0 unspecified atom stereocenters. The molecular formula is C20H21ClN4O. The lowest BCUT2D eigenvalue weighted by Crippen LogP contribution is -2.25. The first-order chi connectivity index (χ1) is 12.5. The number of carbonyl (C=O) groups excluding carboxylic acids is 1. The summed E-state index contributed by atoms with van der Waals surface area (Å²) in [6.45, 7) is 6.69. The first-order valence-corrected chi connectivity index (χ1v) is 8.96. The standard InChI is InChI=1S/C20H21ClN4O/c1-4-10-22-20(26)18-23-19(15-6-5-7-16(21)12-15)25(24-18)17-9-8-13(2)14(3)11-17/h5-9,11-12H,4,10H2,1-3H3,(H,22,26). The topological polar surface area (TPSA) is 59.8 Å². The molecule has 0 radical (unpaired) electrons. The largest absolute Gasteiger partial charge is 0.349 e. The Labute approximate surface area is 158 Å². The molecule has 0 spiro atoms. The fraction of sp³-hybridized carbons (Fsp3) is 0.250. The van der Waals surface area contributed by atoms with Crippen molar-refractivity contribution in [1.82, 2.24) is 20.1 Å². The van der Waals surface area contributed by atoms with Gasteiger partial charge >= 0.3 is 0 Å². The zero-order valence-electron chi connectivity index (χ0n) is 15.1. The molecule has 2 aromatic carbocycles. The Bertz CT molecular complexity index is 949. The van der Waals surface area contributed by atoms with Crippen molar-refractivity contribution in [2.24, 2.45) is 0 Å². The smallest absolute Gasteiger partial charge is 0.290 e. The molecule has 0 aliphatic heterocycles. The highest BCUT2D eigenvalue weighted by Gasteiger charge is 2.19. The zero-order chi connectivity index (χ0) is 18.7. The van der Waals surface area contributed by atoms with E-state index >= 15 is 0 Å². The van der Waals surface area contributed by atoms with Gasteiger partial charge in [-0.1, -0.05) is 36.7 Å². The summed E-state index contributed by atoms with van der Waals surface area (Å²) in [7, 11) is 0. The van der Waals surface area contributed by atoms with Crippen LogP contribution in [0.15, 0.2) is 42.5 Å². The third kappa shape index (κ3) is 3.78. The van der Waals surface area contributed by atoms with E-state index in [2.05, 4.69) is 22.3 Å². The number of rotatable bonds is 5. The highest BCUT2D eigenvalue weighted by molar-refractivity contribution is 6.30.